The lowest BCUT2D eigenvalue weighted by Gasteiger charge is -2.26. The second-order valence-corrected chi connectivity index (χ2v) is 6.44. The second kappa shape index (κ2) is 10.2. The Morgan fingerprint density at radius 2 is 1.33 bits per heavy atom. The van der Waals surface area contributed by atoms with Crippen LogP contribution in [0.2, 0.25) is 0 Å². The molecule has 0 bridgehead atoms. The van der Waals surface area contributed by atoms with Crippen molar-refractivity contribution in [1.82, 2.24) is 0 Å². The lowest BCUT2D eigenvalue weighted by Crippen LogP contribution is -2.39. The number of benzene rings is 2. The minimum absolute atomic E-state index is 0.0716. The number of esters is 1. The van der Waals surface area contributed by atoms with Crippen LogP contribution in [-0.2, 0) is 37.0 Å². The number of nitrogens with two attached hydrogens (primary N) is 1. The molecule has 0 spiro atoms. The maximum absolute atomic E-state index is 11.9. The number of rotatable bonds is 6. The van der Waals surface area contributed by atoms with Gasteiger partial charge in [0, 0.05) is 0 Å². The summed E-state index contributed by atoms with van der Waals surface area (Å²) in [5.74, 6) is -0.493. The Labute approximate surface area is 159 Å². The highest BCUT2D eigenvalue weighted by molar-refractivity contribution is 5.75. The van der Waals surface area contributed by atoms with E-state index in [-0.39, 0.29) is 25.9 Å². The van der Waals surface area contributed by atoms with E-state index in [2.05, 4.69) is 0 Å². The van der Waals surface area contributed by atoms with Crippen molar-refractivity contribution in [3.05, 3.63) is 71.8 Å². The zero-order chi connectivity index (χ0) is 18.9. The van der Waals surface area contributed by atoms with Gasteiger partial charge in [0.2, 0.25) is 0 Å². The molecule has 0 aromatic heterocycles. The molecule has 27 heavy (non-hydrogen) atoms. The molecule has 1 aliphatic heterocycles. The van der Waals surface area contributed by atoms with Crippen LogP contribution in [0.3, 0.4) is 0 Å². The highest BCUT2D eigenvalue weighted by atomic mass is 16.6. The summed E-state index contributed by atoms with van der Waals surface area (Å²) in [6.45, 7) is 1.24. The molecule has 2 aromatic rings. The van der Waals surface area contributed by atoms with Crippen molar-refractivity contribution in [3.8, 4) is 0 Å². The fraction of sp³-hybridized carbons (Fsp3) is 0.381. The van der Waals surface area contributed by atoms with Crippen molar-refractivity contribution in [2.45, 2.75) is 31.5 Å². The molecule has 6 nitrogen and oxygen atoms in total. The van der Waals surface area contributed by atoms with Gasteiger partial charge in [0.1, 0.15) is 24.9 Å². The Morgan fingerprint density at radius 1 is 0.815 bits per heavy atom. The van der Waals surface area contributed by atoms with Crippen LogP contribution < -0.4 is 5.73 Å². The van der Waals surface area contributed by atoms with Gasteiger partial charge in [-0.15, -0.1) is 0 Å². The Balaban J connectivity index is 1.66. The molecule has 1 aliphatic rings. The third kappa shape index (κ3) is 6.15. The fourth-order valence-electron chi connectivity index (χ4n) is 2.73. The van der Waals surface area contributed by atoms with Crippen LogP contribution in [0.1, 0.15) is 11.1 Å². The lowest BCUT2D eigenvalue weighted by atomic mass is 10.2. The van der Waals surface area contributed by atoms with E-state index in [0.29, 0.717) is 13.2 Å². The molecule has 0 saturated carbocycles. The van der Waals surface area contributed by atoms with Crippen molar-refractivity contribution in [2.75, 3.05) is 19.8 Å². The van der Waals surface area contributed by atoms with Gasteiger partial charge in [0.05, 0.1) is 26.4 Å². The van der Waals surface area contributed by atoms with E-state index in [1.807, 2.05) is 60.7 Å². The van der Waals surface area contributed by atoms with Gasteiger partial charge in [0.15, 0.2) is 0 Å². The second-order valence-electron chi connectivity index (χ2n) is 6.44. The third-order valence-electron chi connectivity index (χ3n) is 4.30. The molecule has 144 valence electrons. The van der Waals surface area contributed by atoms with Crippen molar-refractivity contribution in [1.29, 1.82) is 0 Å². The topological polar surface area (TPSA) is 80.0 Å². The lowest BCUT2D eigenvalue weighted by molar-refractivity contribution is -0.155. The summed E-state index contributed by atoms with van der Waals surface area (Å²) in [6, 6.07) is 18.9. The first-order chi connectivity index (χ1) is 13.2. The maximum Gasteiger partial charge on any atom is 0.325 e. The number of ether oxygens (including phenoxy) is 4. The van der Waals surface area contributed by atoms with E-state index in [1.54, 1.807) is 0 Å². The summed E-state index contributed by atoms with van der Waals surface area (Å²) in [6.07, 6.45) is -0.838. The summed E-state index contributed by atoms with van der Waals surface area (Å²) in [5, 5.41) is 0. The molecule has 3 rings (SSSR count). The SMILES string of the molecule is NC1COCC(OCc2ccccc2)[C@@H](OCc2ccccc2)COC1=O. The van der Waals surface area contributed by atoms with Crippen molar-refractivity contribution < 1.29 is 23.7 Å². The zero-order valence-electron chi connectivity index (χ0n) is 15.2. The monoisotopic (exact) mass is 371 g/mol. The normalized spacial score (nSPS) is 23.7. The molecule has 1 saturated heterocycles. The molecule has 0 amide bonds. The summed E-state index contributed by atoms with van der Waals surface area (Å²) >= 11 is 0. The number of carbonyl (C=O) groups excluding carboxylic acids is 1. The van der Waals surface area contributed by atoms with Crippen molar-refractivity contribution in [2.24, 2.45) is 5.73 Å². The number of hydrogen-bond acceptors (Lipinski definition) is 6. The molecule has 2 N–H and O–H groups in total. The quantitative estimate of drug-likeness (QED) is 0.783. The standard InChI is InChI=1S/C21H25NO5/c22-18-13-24-14-19(25-11-16-7-3-1-4-8-16)20(15-27-21(18)23)26-12-17-9-5-2-6-10-17/h1-10,18-20H,11-15,22H2/t18?,19?,20-/m0/s1. The van der Waals surface area contributed by atoms with Crippen molar-refractivity contribution in [3.63, 3.8) is 0 Å². The highest BCUT2D eigenvalue weighted by Crippen LogP contribution is 2.15. The Morgan fingerprint density at radius 3 is 1.89 bits per heavy atom. The van der Waals surface area contributed by atoms with Gasteiger partial charge >= 0.3 is 5.97 Å². The average molecular weight is 371 g/mol. The van der Waals surface area contributed by atoms with Gasteiger partial charge in [-0.2, -0.15) is 0 Å². The van der Waals surface area contributed by atoms with Gasteiger partial charge in [-0.05, 0) is 11.1 Å². The number of cyclic esters (lactones) is 1. The molecule has 1 heterocycles. The smallest absolute Gasteiger partial charge is 0.325 e. The van der Waals surface area contributed by atoms with Crippen LogP contribution in [0, 0.1) is 0 Å². The van der Waals surface area contributed by atoms with Gasteiger partial charge < -0.3 is 24.7 Å². The zero-order valence-corrected chi connectivity index (χ0v) is 15.2. The average Bonchev–Trinajstić information content (AvgIpc) is 2.77. The Hall–Kier alpha value is -2.25. The largest absolute Gasteiger partial charge is 0.462 e. The van der Waals surface area contributed by atoms with Crippen LogP contribution in [0.4, 0.5) is 0 Å². The van der Waals surface area contributed by atoms with E-state index < -0.39 is 18.1 Å². The summed E-state index contributed by atoms with van der Waals surface area (Å²) in [4.78, 5) is 11.9. The summed E-state index contributed by atoms with van der Waals surface area (Å²) in [5.41, 5.74) is 7.84. The fourth-order valence-corrected chi connectivity index (χ4v) is 2.73. The molecule has 1 fully saturated rings. The predicted octanol–water partition coefficient (Wildman–Crippen LogP) is 2.06. The summed E-state index contributed by atoms with van der Waals surface area (Å²) in [7, 11) is 0. The first-order valence-corrected chi connectivity index (χ1v) is 9.03. The maximum atomic E-state index is 11.9. The third-order valence-corrected chi connectivity index (χ3v) is 4.30. The Kier molecular flexibility index (Phi) is 7.36. The molecule has 0 radical (unpaired) electrons. The van der Waals surface area contributed by atoms with E-state index in [1.165, 1.54) is 0 Å². The van der Waals surface area contributed by atoms with Crippen LogP contribution in [0.15, 0.2) is 60.7 Å². The van der Waals surface area contributed by atoms with Crippen LogP contribution in [0.25, 0.3) is 0 Å². The molecule has 2 unspecified atom stereocenters. The van der Waals surface area contributed by atoms with Gasteiger partial charge in [-0.1, -0.05) is 60.7 Å². The van der Waals surface area contributed by atoms with Crippen LogP contribution >= 0.6 is 0 Å². The van der Waals surface area contributed by atoms with Crippen molar-refractivity contribution >= 4 is 5.97 Å². The molecule has 0 aliphatic carbocycles. The van der Waals surface area contributed by atoms with E-state index in [0.717, 1.165) is 11.1 Å². The van der Waals surface area contributed by atoms with Crippen LogP contribution in [0.5, 0.6) is 0 Å². The first-order valence-electron chi connectivity index (χ1n) is 9.03. The molecule has 3 atom stereocenters. The van der Waals surface area contributed by atoms with E-state index in [4.69, 9.17) is 24.7 Å². The van der Waals surface area contributed by atoms with Gasteiger partial charge in [0.25, 0.3) is 0 Å². The first kappa shape index (κ1) is 19.5. The predicted molar refractivity (Wildman–Crippen MR) is 99.8 cm³/mol. The molecule has 6 heteroatoms. The summed E-state index contributed by atoms with van der Waals surface area (Å²) < 4.78 is 23.0. The molecular weight excluding hydrogens is 346 g/mol. The number of carbonyl (C=O) groups is 1. The van der Waals surface area contributed by atoms with Gasteiger partial charge in [-0.25, -0.2) is 0 Å². The molecule has 2 aromatic carbocycles. The highest BCUT2D eigenvalue weighted by Gasteiger charge is 2.29. The van der Waals surface area contributed by atoms with Crippen LogP contribution in [-0.4, -0.2) is 44.0 Å². The molecular formula is C21H25NO5. The van der Waals surface area contributed by atoms with Gasteiger partial charge in [-0.3, -0.25) is 4.79 Å². The minimum Gasteiger partial charge on any atom is -0.462 e. The van der Waals surface area contributed by atoms with E-state index >= 15 is 0 Å². The Bertz CT molecular complexity index is 694. The number of hydrogen-bond donors (Lipinski definition) is 1. The minimum atomic E-state index is -0.798. The van der Waals surface area contributed by atoms with E-state index in [9.17, 15) is 4.79 Å².